The number of hydrogen-bond donors (Lipinski definition) is 1. The molecule has 2 aromatic rings. The van der Waals surface area contributed by atoms with Crippen LogP contribution in [0.2, 0.25) is 0 Å². The Bertz CT molecular complexity index is 710. The number of nitrogens with zero attached hydrogens (tertiary/aromatic N) is 1. The van der Waals surface area contributed by atoms with Crippen molar-refractivity contribution in [2.45, 2.75) is 31.7 Å². The zero-order chi connectivity index (χ0) is 15.5. The van der Waals surface area contributed by atoms with Crippen LogP contribution in [0.4, 0.5) is 0 Å². The Hall–Kier alpha value is -2.36. The summed E-state index contributed by atoms with van der Waals surface area (Å²) >= 11 is 0. The van der Waals surface area contributed by atoms with Gasteiger partial charge in [0.2, 0.25) is 5.91 Å². The van der Waals surface area contributed by atoms with Gasteiger partial charge in [0.05, 0.1) is 6.42 Å². The third kappa shape index (κ3) is 2.96. The van der Waals surface area contributed by atoms with E-state index >= 15 is 0 Å². The molecule has 0 bridgehead atoms. The van der Waals surface area contributed by atoms with E-state index in [1.807, 2.05) is 42.5 Å². The lowest BCUT2D eigenvalue weighted by Gasteiger charge is -2.33. The second-order valence-electron chi connectivity index (χ2n) is 5.80. The first-order chi connectivity index (χ1) is 10.6. The van der Waals surface area contributed by atoms with E-state index in [4.69, 9.17) is 0 Å². The highest BCUT2D eigenvalue weighted by Crippen LogP contribution is 2.20. The molecule has 1 aliphatic heterocycles. The summed E-state index contributed by atoms with van der Waals surface area (Å²) < 4.78 is 0. The van der Waals surface area contributed by atoms with Crippen LogP contribution >= 0.6 is 0 Å². The van der Waals surface area contributed by atoms with Crippen molar-refractivity contribution in [3.8, 4) is 0 Å². The summed E-state index contributed by atoms with van der Waals surface area (Å²) in [6.07, 6.45) is 2.57. The molecule has 114 valence electrons. The standard InChI is InChI=1S/C18H19NO3/c20-17(19-10-4-3-7-16(19)18(21)22)12-13-8-9-14-5-1-2-6-15(14)11-13/h1-2,5-6,8-9,11,16H,3-4,7,10,12H2,(H,21,22)/t16-/m1/s1. The first kappa shape index (κ1) is 14.6. The predicted molar refractivity (Wildman–Crippen MR) is 84.6 cm³/mol. The molecule has 0 unspecified atom stereocenters. The van der Waals surface area contributed by atoms with Gasteiger partial charge in [-0.25, -0.2) is 4.79 Å². The maximum Gasteiger partial charge on any atom is 0.326 e. The molecule has 3 rings (SSSR count). The van der Waals surface area contributed by atoms with Gasteiger partial charge in [-0.2, -0.15) is 0 Å². The highest BCUT2D eigenvalue weighted by atomic mass is 16.4. The summed E-state index contributed by atoms with van der Waals surface area (Å²) in [4.78, 5) is 25.3. The maximum atomic E-state index is 12.5. The fourth-order valence-electron chi connectivity index (χ4n) is 3.11. The lowest BCUT2D eigenvalue weighted by molar-refractivity contribution is -0.151. The number of fused-ring (bicyclic) bond motifs is 1. The molecule has 0 saturated carbocycles. The maximum absolute atomic E-state index is 12.5. The fraction of sp³-hybridized carbons (Fsp3) is 0.333. The van der Waals surface area contributed by atoms with E-state index in [1.54, 1.807) is 0 Å². The summed E-state index contributed by atoms with van der Waals surface area (Å²) in [6.45, 7) is 0.545. The smallest absolute Gasteiger partial charge is 0.326 e. The molecule has 1 heterocycles. The van der Waals surface area contributed by atoms with Crippen LogP contribution in [-0.4, -0.2) is 34.5 Å². The van der Waals surface area contributed by atoms with E-state index in [2.05, 4.69) is 0 Å². The van der Waals surface area contributed by atoms with Crippen molar-refractivity contribution in [1.82, 2.24) is 4.90 Å². The minimum absolute atomic E-state index is 0.0950. The number of hydrogen-bond acceptors (Lipinski definition) is 2. The van der Waals surface area contributed by atoms with Crippen LogP contribution in [0.25, 0.3) is 10.8 Å². The van der Waals surface area contributed by atoms with Crippen molar-refractivity contribution in [2.24, 2.45) is 0 Å². The number of rotatable bonds is 3. The number of carboxylic acids is 1. The summed E-state index contributed by atoms with van der Waals surface area (Å²) in [6, 6.07) is 13.3. The van der Waals surface area contributed by atoms with Crippen LogP contribution in [-0.2, 0) is 16.0 Å². The number of piperidine rings is 1. The quantitative estimate of drug-likeness (QED) is 0.947. The number of benzene rings is 2. The SMILES string of the molecule is O=C(O)[C@H]1CCCCN1C(=O)Cc1ccc2ccccc2c1. The van der Waals surface area contributed by atoms with Gasteiger partial charge in [0.25, 0.3) is 0 Å². The van der Waals surface area contributed by atoms with Crippen molar-refractivity contribution >= 4 is 22.6 Å². The molecule has 1 amide bonds. The first-order valence-corrected chi connectivity index (χ1v) is 7.65. The van der Waals surface area contributed by atoms with Crippen LogP contribution in [0.5, 0.6) is 0 Å². The van der Waals surface area contributed by atoms with Gasteiger partial charge >= 0.3 is 5.97 Å². The van der Waals surface area contributed by atoms with Crippen LogP contribution in [0.15, 0.2) is 42.5 Å². The van der Waals surface area contributed by atoms with Gasteiger partial charge in [0.1, 0.15) is 6.04 Å². The van der Waals surface area contributed by atoms with Gasteiger partial charge in [0, 0.05) is 6.54 Å². The van der Waals surface area contributed by atoms with Gasteiger partial charge in [-0.1, -0.05) is 42.5 Å². The highest BCUT2D eigenvalue weighted by molar-refractivity contribution is 5.87. The zero-order valence-electron chi connectivity index (χ0n) is 12.4. The minimum atomic E-state index is -0.897. The molecule has 1 aliphatic rings. The number of likely N-dealkylation sites (tertiary alicyclic amines) is 1. The van der Waals surface area contributed by atoms with Gasteiger partial charge in [0.15, 0.2) is 0 Å². The molecule has 2 aromatic carbocycles. The molecule has 1 N–H and O–H groups in total. The monoisotopic (exact) mass is 297 g/mol. The molecule has 0 aromatic heterocycles. The zero-order valence-corrected chi connectivity index (χ0v) is 12.4. The van der Waals surface area contributed by atoms with E-state index in [0.29, 0.717) is 13.0 Å². The molecule has 22 heavy (non-hydrogen) atoms. The average Bonchev–Trinajstić information content (AvgIpc) is 2.54. The Balaban J connectivity index is 1.78. The number of carbonyl (C=O) groups excluding carboxylic acids is 1. The average molecular weight is 297 g/mol. The number of amides is 1. The van der Waals surface area contributed by atoms with Crippen LogP contribution < -0.4 is 0 Å². The summed E-state index contributed by atoms with van der Waals surface area (Å²) in [7, 11) is 0. The molecule has 1 fully saturated rings. The minimum Gasteiger partial charge on any atom is -0.480 e. The van der Waals surface area contributed by atoms with Crippen molar-refractivity contribution in [2.75, 3.05) is 6.54 Å². The molecule has 4 nitrogen and oxygen atoms in total. The van der Waals surface area contributed by atoms with Crippen LogP contribution in [0.3, 0.4) is 0 Å². The molecule has 0 radical (unpaired) electrons. The van der Waals surface area contributed by atoms with Crippen molar-refractivity contribution in [3.05, 3.63) is 48.0 Å². The number of carbonyl (C=O) groups is 2. The Morgan fingerprint density at radius 3 is 2.64 bits per heavy atom. The van der Waals surface area contributed by atoms with E-state index < -0.39 is 12.0 Å². The normalized spacial score (nSPS) is 18.4. The molecular weight excluding hydrogens is 278 g/mol. The molecule has 1 saturated heterocycles. The lowest BCUT2D eigenvalue weighted by Crippen LogP contribution is -2.48. The van der Waals surface area contributed by atoms with Crippen molar-refractivity contribution < 1.29 is 14.7 Å². The molecule has 1 atom stereocenters. The van der Waals surface area contributed by atoms with Gasteiger partial charge in [-0.05, 0) is 35.6 Å². The van der Waals surface area contributed by atoms with Crippen molar-refractivity contribution in [1.29, 1.82) is 0 Å². The predicted octanol–water partition coefficient (Wildman–Crippen LogP) is 2.85. The first-order valence-electron chi connectivity index (χ1n) is 7.65. The molecule has 4 heteroatoms. The lowest BCUT2D eigenvalue weighted by atomic mass is 10.00. The third-order valence-corrected chi connectivity index (χ3v) is 4.28. The molecule has 0 spiro atoms. The Morgan fingerprint density at radius 1 is 1.09 bits per heavy atom. The Morgan fingerprint density at radius 2 is 1.86 bits per heavy atom. The highest BCUT2D eigenvalue weighted by Gasteiger charge is 2.31. The Labute approximate surface area is 129 Å². The van der Waals surface area contributed by atoms with E-state index in [1.165, 1.54) is 4.90 Å². The number of carboxylic acid groups (broad SMARTS) is 1. The second-order valence-corrected chi connectivity index (χ2v) is 5.80. The number of aliphatic carboxylic acids is 1. The van der Waals surface area contributed by atoms with E-state index in [0.717, 1.165) is 29.2 Å². The largest absolute Gasteiger partial charge is 0.480 e. The Kier molecular flexibility index (Phi) is 4.09. The fourth-order valence-corrected chi connectivity index (χ4v) is 3.11. The third-order valence-electron chi connectivity index (χ3n) is 4.28. The van der Waals surface area contributed by atoms with Gasteiger partial charge < -0.3 is 10.0 Å². The van der Waals surface area contributed by atoms with Crippen LogP contribution in [0.1, 0.15) is 24.8 Å². The summed E-state index contributed by atoms with van der Waals surface area (Å²) in [5.74, 6) is -0.992. The van der Waals surface area contributed by atoms with Gasteiger partial charge in [-0.15, -0.1) is 0 Å². The second kappa shape index (κ2) is 6.18. The van der Waals surface area contributed by atoms with Crippen molar-refractivity contribution in [3.63, 3.8) is 0 Å². The van der Waals surface area contributed by atoms with E-state index in [-0.39, 0.29) is 12.3 Å². The summed E-state index contributed by atoms with van der Waals surface area (Å²) in [5.41, 5.74) is 0.929. The molecule has 0 aliphatic carbocycles. The van der Waals surface area contributed by atoms with Crippen LogP contribution in [0, 0.1) is 0 Å². The summed E-state index contributed by atoms with van der Waals surface area (Å²) in [5, 5.41) is 11.5. The van der Waals surface area contributed by atoms with Gasteiger partial charge in [-0.3, -0.25) is 4.79 Å². The topological polar surface area (TPSA) is 57.6 Å². The van der Waals surface area contributed by atoms with E-state index in [9.17, 15) is 14.7 Å². The molecular formula is C18H19NO3.